The molecule has 0 spiro atoms. The molecule has 0 fully saturated rings. The summed E-state index contributed by atoms with van der Waals surface area (Å²) in [6.45, 7) is 0. The maximum atomic E-state index is 13.3. The number of nitrogens with zero attached hydrogens (tertiary/aromatic N) is 1. The summed E-state index contributed by atoms with van der Waals surface area (Å²) in [5.74, 6) is -2.23. The van der Waals surface area contributed by atoms with Crippen molar-refractivity contribution in [2.45, 2.75) is 0 Å². The van der Waals surface area contributed by atoms with E-state index in [1.54, 1.807) is 0 Å². The lowest BCUT2D eigenvalue weighted by Crippen LogP contribution is -1.95. The number of aliphatic imine (C=N–C) groups is 1. The number of carboxylic acid groups (broad SMARTS) is 1. The van der Waals surface area contributed by atoms with Crippen LogP contribution in [0.4, 0.5) is 14.5 Å². The summed E-state index contributed by atoms with van der Waals surface area (Å²) in [5.41, 5.74) is 0.630. The third-order valence-electron chi connectivity index (χ3n) is 2.42. The van der Waals surface area contributed by atoms with Crippen LogP contribution in [0, 0.1) is 11.6 Å². The van der Waals surface area contributed by atoms with E-state index in [0.29, 0.717) is 5.56 Å². The molecular formula is C14H9F2NO2. The zero-order chi connectivity index (χ0) is 13.8. The van der Waals surface area contributed by atoms with Gasteiger partial charge in [-0.15, -0.1) is 0 Å². The molecule has 2 aromatic carbocycles. The Bertz CT molecular complexity index is 636. The molecule has 0 aliphatic heterocycles. The molecule has 2 aromatic rings. The fourth-order valence-corrected chi connectivity index (χ4v) is 1.44. The van der Waals surface area contributed by atoms with Gasteiger partial charge in [0.2, 0.25) is 0 Å². The minimum Gasteiger partial charge on any atom is -0.478 e. The normalized spacial score (nSPS) is 10.8. The lowest BCUT2D eigenvalue weighted by Gasteiger charge is -1.98. The van der Waals surface area contributed by atoms with Gasteiger partial charge in [-0.05, 0) is 29.8 Å². The van der Waals surface area contributed by atoms with E-state index in [0.717, 1.165) is 18.2 Å². The second kappa shape index (κ2) is 5.39. The third-order valence-corrected chi connectivity index (χ3v) is 2.42. The van der Waals surface area contributed by atoms with E-state index >= 15 is 0 Å². The molecule has 0 bridgehead atoms. The van der Waals surface area contributed by atoms with Crippen LogP contribution >= 0.6 is 0 Å². The van der Waals surface area contributed by atoms with E-state index in [-0.39, 0.29) is 11.3 Å². The van der Waals surface area contributed by atoms with E-state index in [2.05, 4.69) is 4.99 Å². The first kappa shape index (κ1) is 12.9. The molecule has 3 nitrogen and oxygen atoms in total. The smallest absolute Gasteiger partial charge is 0.335 e. The summed E-state index contributed by atoms with van der Waals surface area (Å²) in [6, 6.07) is 8.87. The molecule has 0 aromatic heterocycles. The van der Waals surface area contributed by atoms with Gasteiger partial charge >= 0.3 is 5.97 Å². The highest BCUT2D eigenvalue weighted by molar-refractivity contribution is 5.89. The zero-order valence-corrected chi connectivity index (χ0v) is 9.68. The number of aromatic carboxylic acids is 1. The molecule has 0 heterocycles. The Morgan fingerprint density at radius 3 is 2.42 bits per heavy atom. The molecule has 19 heavy (non-hydrogen) atoms. The molecular weight excluding hydrogens is 252 g/mol. The molecule has 0 saturated heterocycles. The number of hydrogen-bond donors (Lipinski definition) is 1. The number of carbonyl (C=O) groups is 1. The lowest BCUT2D eigenvalue weighted by atomic mass is 10.1. The molecule has 0 aliphatic carbocycles. The Morgan fingerprint density at radius 1 is 1.11 bits per heavy atom. The summed E-state index contributed by atoms with van der Waals surface area (Å²) < 4.78 is 26.2. The second-order valence-electron chi connectivity index (χ2n) is 3.78. The fraction of sp³-hybridized carbons (Fsp3) is 0. The van der Waals surface area contributed by atoms with Gasteiger partial charge in [-0.2, -0.15) is 0 Å². The van der Waals surface area contributed by atoms with Crippen LogP contribution in [0.25, 0.3) is 0 Å². The predicted octanol–water partition coefficient (Wildman–Crippen LogP) is 3.41. The number of benzene rings is 2. The highest BCUT2D eigenvalue weighted by Gasteiger charge is 2.02. The van der Waals surface area contributed by atoms with Crippen molar-refractivity contribution in [1.82, 2.24) is 0 Å². The maximum Gasteiger partial charge on any atom is 0.335 e. The summed E-state index contributed by atoms with van der Waals surface area (Å²) in [4.78, 5) is 14.5. The lowest BCUT2D eigenvalue weighted by molar-refractivity contribution is 0.0697. The molecule has 5 heteroatoms. The first-order valence-electron chi connectivity index (χ1n) is 5.39. The fourth-order valence-electron chi connectivity index (χ4n) is 1.44. The van der Waals surface area contributed by atoms with Crippen molar-refractivity contribution >= 4 is 17.9 Å². The van der Waals surface area contributed by atoms with E-state index in [1.165, 1.54) is 30.5 Å². The van der Waals surface area contributed by atoms with Crippen molar-refractivity contribution in [3.05, 3.63) is 65.2 Å². The average molecular weight is 261 g/mol. The van der Waals surface area contributed by atoms with Gasteiger partial charge in [0, 0.05) is 12.3 Å². The monoisotopic (exact) mass is 261 g/mol. The van der Waals surface area contributed by atoms with Crippen molar-refractivity contribution < 1.29 is 18.7 Å². The number of halogens is 2. The van der Waals surface area contributed by atoms with E-state index in [4.69, 9.17) is 5.11 Å². The van der Waals surface area contributed by atoms with Gasteiger partial charge < -0.3 is 5.11 Å². The van der Waals surface area contributed by atoms with E-state index in [1.807, 2.05) is 0 Å². The molecule has 96 valence electrons. The van der Waals surface area contributed by atoms with E-state index in [9.17, 15) is 13.6 Å². The molecule has 0 unspecified atom stereocenters. The summed E-state index contributed by atoms with van der Waals surface area (Å²) in [5, 5.41) is 8.73. The van der Waals surface area contributed by atoms with Crippen molar-refractivity contribution in [2.24, 2.45) is 4.99 Å². The van der Waals surface area contributed by atoms with Gasteiger partial charge in [-0.25, -0.2) is 13.6 Å². The van der Waals surface area contributed by atoms with Crippen molar-refractivity contribution in [3.8, 4) is 0 Å². The molecule has 2 rings (SSSR count). The van der Waals surface area contributed by atoms with Gasteiger partial charge in [0.25, 0.3) is 0 Å². The molecule has 0 amide bonds. The van der Waals surface area contributed by atoms with Crippen molar-refractivity contribution in [2.75, 3.05) is 0 Å². The largest absolute Gasteiger partial charge is 0.478 e. The van der Waals surface area contributed by atoms with Crippen LogP contribution in [-0.4, -0.2) is 17.3 Å². The summed E-state index contributed by atoms with van der Waals surface area (Å²) in [7, 11) is 0. The standard InChI is InChI=1S/C14H9F2NO2/c15-11-5-6-12(16)13(7-11)17-8-9-1-3-10(4-2-9)14(18)19/h1-8H,(H,18,19). The first-order valence-corrected chi connectivity index (χ1v) is 5.39. The maximum absolute atomic E-state index is 13.3. The van der Waals surface area contributed by atoms with Crippen LogP contribution in [0.5, 0.6) is 0 Å². The van der Waals surface area contributed by atoms with Gasteiger partial charge in [-0.3, -0.25) is 4.99 Å². The minimum atomic E-state index is -1.03. The van der Waals surface area contributed by atoms with Crippen LogP contribution in [0.1, 0.15) is 15.9 Å². The van der Waals surface area contributed by atoms with Crippen LogP contribution in [0.3, 0.4) is 0 Å². The highest BCUT2D eigenvalue weighted by atomic mass is 19.1. The molecule has 0 radical (unpaired) electrons. The van der Waals surface area contributed by atoms with Gasteiger partial charge in [-0.1, -0.05) is 12.1 Å². The summed E-state index contributed by atoms with van der Waals surface area (Å²) >= 11 is 0. The van der Waals surface area contributed by atoms with Gasteiger partial charge in [0.05, 0.1) is 5.56 Å². The Labute approximate surface area is 107 Å². The topological polar surface area (TPSA) is 49.7 Å². The average Bonchev–Trinajstić information content (AvgIpc) is 2.40. The Balaban J connectivity index is 2.22. The van der Waals surface area contributed by atoms with Crippen molar-refractivity contribution in [1.29, 1.82) is 0 Å². The summed E-state index contributed by atoms with van der Waals surface area (Å²) in [6.07, 6.45) is 1.34. The van der Waals surface area contributed by atoms with Crippen LogP contribution in [0.2, 0.25) is 0 Å². The van der Waals surface area contributed by atoms with Gasteiger partial charge in [0.15, 0.2) is 0 Å². The quantitative estimate of drug-likeness (QED) is 0.861. The van der Waals surface area contributed by atoms with E-state index < -0.39 is 17.6 Å². The third kappa shape index (κ3) is 3.22. The highest BCUT2D eigenvalue weighted by Crippen LogP contribution is 2.18. The number of carboxylic acids is 1. The Morgan fingerprint density at radius 2 is 1.79 bits per heavy atom. The Kier molecular flexibility index (Phi) is 3.66. The van der Waals surface area contributed by atoms with Crippen molar-refractivity contribution in [3.63, 3.8) is 0 Å². The molecule has 0 atom stereocenters. The van der Waals surface area contributed by atoms with Crippen LogP contribution in [-0.2, 0) is 0 Å². The van der Waals surface area contributed by atoms with Crippen LogP contribution < -0.4 is 0 Å². The number of rotatable bonds is 3. The van der Waals surface area contributed by atoms with Gasteiger partial charge in [0.1, 0.15) is 17.3 Å². The number of hydrogen-bond acceptors (Lipinski definition) is 2. The minimum absolute atomic E-state index is 0.109. The first-order chi connectivity index (χ1) is 9.06. The predicted molar refractivity (Wildman–Crippen MR) is 67.0 cm³/mol. The molecule has 0 saturated carbocycles. The zero-order valence-electron chi connectivity index (χ0n) is 9.68. The Hall–Kier alpha value is -2.56. The second-order valence-corrected chi connectivity index (χ2v) is 3.78. The molecule has 0 aliphatic rings. The molecule has 1 N–H and O–H groups in total. The van der Waals surface area contributed by atoms with Crippen LogP contribution in [0.15, 0.2) is 47.5 Å². The SMILES string of the molecule is O=C(O)c1ccc(C=Nc2cc(F)ccc2F)cc1.